The van der Waals surface area contributed by atoms with Crippen LogP contribution in [0.2, 0.25) is 0 Å². The molecule has 0 unspecified atom stereocenters. The van der Waals surface area contributed by atoms with E-state index in [1.54, 1.807) is 16.2 Å². The minimum Gasteiger partial charge on any atom is -0.341 e. The van der Waals surface area contributed by atoms with Gasteiger partial charge in [0.05, 0.1) is 15.2 Å². The van der Waals surface area contributed by atoms with Gasteiger partial charge in [0.1, 0.15) is 12.1 Å². The van der Waals surface area contributed by atoms with Crippen LogP contribution < -0.4 is 5.32 Å². The number of carbonyl (C=O) groups is 3. The molecule has 6 rings (SSSR count). The molecule has 3 heterocycles. The molecule has 1 atom stereocenters. The number of para-hydroxylation sites is 1. The quantitative estimate of drug-likeness (QED) is 0.586. The lowest BCUT2D eigenvalue weighted by Crippen LogP contribution is -2.48. The molecule has 2 fully saturated rings. The second kappa shape index (κ2) is 8.20. The molecule has 174 valence electrons. The molecule has 2 aliphatic heterocycles. The first-order valence-corrected chi connectivity index (χ1v) is 12.7. The second-order valence-corrected chi connectivity index (χ2v) is 10.5. The van der Waals surface area contributed by atoms with Gasteiger partial charge in [0, 0.05) is 19.0 Å². The minimum absolute atomic E-state index is 0.174. The average Bonchev–Trinajstić information content (AvgIpc) is 3.40. The zero-order valence-electron chi connectivity index (χ0n) is 18.8. The van der Waals surface area contributed by atoms with Gasteiger partial charge in [-0.05, 0) is 55.4 Å². The number of likely N-dealkylation sites (tertiary alicyclic amines) is 1. The average molecular weight is 475 g/mol. The number of imide groups is 1. The van der Waals surface area contributed by atoms with Gasteiger partial charge in [-0.3, -0.25) is 14.5 Å². The molecule has 0 saturated carbocycles. The van der Waals surface area contributed by atoms with Gasteiger partial charge in [-0.25, -0.2) is 9.78 Å². The highest BCUT2D eigenvalue weighted by molar-refractivity contribution is 7.18. The first kappa shape index (κ1) is 21.3. The molecule has 0 bridgehead atoms. The van der Waals surface area contributed by atoms with Gasteiger partial charge in [0.15, 0.2) is 0 Å². The van der Waals surface area contributed by atoms with Crippen molar-refractivity contribution in [2.45, 2.75) is 43.6 Å². The highest BCUT2D eigenvalue weighted by Gasteiger charge is 2.54. The number of nitrogens with one attached hydrogen (secondary N) is 1. The number of rotatable bonds is 3. The van der Waals surface area contributed by atoms with Gasteiger partial charge in [-0.1, -0.05) is 36.4 Å². The number of aryl methyl sites for hydroxylation is 1. The summed E-state index contributed by atoms with van der Waals surface area (Å²) in [5.41, 5.74) is 1.95. The molecule has 1 aliphatic carbocycles. The van der Waals surface area contributed by atoms with Crippen LogP contribution in [0.5, 0.6) is 0 Å². The van der Waals surface area contributed by atoms with Crippen molar-refractivity contribution in [1.29, 1.82) is 0 Å². The predicted molar refractivity (Wildman–Crippen MR) is 129 cm³/mol. The lowest BCUT2D eigenvalue weighted by atomic mass is 9.76. The van der Waals surface area contributed by atoms with Crippen LogP contribution in [-0.2, 0) is 21.5 Å². The van der Waals surface area contributed by atoms with E-state index in [0.717, 1.165) is 52.2 Å². The van der Waals surface area contributed by atoms with Crippen LogP contribution in [-0.4, -0.2) is 52.3 Å². The monoisotopic (exact) mass is 474 g/mol. The Morgan fingerprint density at radius 2 is 1.85 bits per heavy atom. The van der Waals surface area contributed by atoms with Gasteiger partial charge in [0.25, 0.3) is 5.91 Å². The number of benzene rings is 2. The summed E-state index contributed by atoms with van der Waals surface area (Å²) in [5.74, 6) is -0.144. The molecule has 1 spiro atoms. The maximum Gasteiger partial charge on any atom is 0.325 e. The van der Waals surface area contributed by atoms with Crippen LogP contribution >= 0.6 is 11.3 Å². The molecule has 34 heavy (non-hydrogen) atoms. The molecular formula is C26H26N4O3S. The summed E-state index contributed by atoms with van der Waals surface area (Å²) >= 11 is 1.73. The largest absolute Gasteiger partial charge is 0.341 e. The van der Waals surface area contributed by atoms with E-state index in [9.17, 15) is 14.4 Å². The lowest BCUT2D eigenvalue weighted by molar-refractivity contribution is -0.140. The summed E-state index contributed by atoms with van der Waals surface area (Å²) < 4.78 is 1.19. The number of carbonyl (C=O) groups excluding carboxylic acids is 3. The van der Waals surface area contributed by atoms with E-state index in [1.807, 2.05) is 42.5 Å². The fraction of sp³-hybridized carbons (Fsp3) is 0.385. The summed E-state index contributed by atoms with van der Waals surface area (Å²) in [6.45, 7) is 1.01. The molecule has 1 aromatic heterocycles. The Morgan fingerprint density at radius 1 is 1.09 bits per heavy atom. The van der Waals surface area contributed by atoms with E-state index in [0.29, 0.717) is 25.4 Å². The van der Waals surface area contributed by atoms with Crippen LogP contribution in [0.3, 0.4) is 0 Å². The number of amides is 4. The number of fused-ring (bicyclic) bond motifs is 3. The van der Waals surface area contributed by atoms with Crippen molar-refractivity contribution in [3.63, 3.8) is 0 Å². The third-order valence-electron chi connectivity index (χ3n) is 7.45. The SMILES string of the molecule is O=C(CN1C(=O)N[C@]2(CCCc3ccccc32)C1=O)N1CCC(c2nc3ccccc3s2)CC1. The molecule has 1 N–H and O–H groups in total. The topological polar surface area (TPSA) is 82.6 Å². The summed E-state index contributed by atoms with van der Waals surface area (Å²) in [5, 5.41) is 4.06. The van der Waals surface area contributed by atoms with Crippen LogP contribution in [0.1, 0.15) is 47.7 Å². The molecule has 7 nitrogen and oxygen atoms in total. The number of thiazole rings is 1. The van der Waals surface area contributed by atoms with Gasteiger partial charge in [0.2, 0.25) is 5.91 Å². The molecule has 3 aliphatic rings. The van der Waals surface area contributed by atoms with Crippen LogP contribution in [0.25, 0.3) is 10.2 Å². The Balaban J connectivity index is 1.13. The Bertz CT molecular complexity index is 1260. The van der Waals surface area contributed by atoms with Crippen LogP contribution in [0.4, 0.5) is 4.79 Å². The molecule has 8 heteroatoms. The number of piperidine rings is 1. The molecule has 3 aromatic rings. The van der Waals surface area contributed by atoms with E-state index in [1.165, 1.54) is 4.70 Å². The summed E-state index contributed by atoms with van der Waals surface area (Å²) in [6.07, 6.45) is 3.95. The Morgan fingerprint density at radius 3 is 2.68 bits per heavy atom. The van der Waals surface area contributed by atoms with Crippen molar-refractivity contribution < 1.29 is 14.4 Å². The maximum absolute atomic E-state index is 13.5. The summed E-state index contributed by atoms with van der Waals surface area (Å²) in [7, 11) is 0. The normalized spacial score (nSPS) is 22.9. The Labute approximate surface area is 201 Å². The number of nitrogens with zero attached hydrogens (tertiary/aromatic N) is 3. The van der Waals surface area contributed by atoms with E-state index in [2.05, 4.69) is 11.4 Å². The first-order valence-electron chi connectivity index (χ1n) is 11.9. The standard InChI is InChI=1S/C26H26N4O3S/c31-22(29-14-11-18(12-15-29)23-27-20-9-3-4-10-21(20)34-23)16-30-24(32)26(28-25(30)33)13-5-7-17-6-1-2-8-19(17)26/h1-4,6,8-10,18H,5,7,11-16H2,(H,28,33)/t26-/m0/s1. The van der Waals surface area contributed by atoms with Crippen molar-refractivity contribution in [3.8, 4) is 0 Å². The van der Waals surface area contributed by atoms with E-state index >= 15 is 0 Å². The lowest BCUT2D eigenvalue weighted by Gasteiger charge is -2.34. The van der Waals surface area contributed by atoms with E-state index in [-0.39, 0.29) is 18.4 Å². The Hall–Kier alpha value is -3.26. The fourth-order valence-electron chi connectivity index (χ4n) is 5.63. The van der Waals surface area contributed by atoms with Crippen molar-refractivity contribution >= 4 is 39.4 Å². The van der Waals surface area contributed by atoms with Gasteiger partial charge < -0.3 is 10.2 Å². The number of urea groups is 1. The van der Waals surface area contributed by atoms with Crippen LogP contribution in [0, 0.1) is 0 Å². The second-order valence-electron chi connectivity index (χ2n) is 9.41. The van der Waals surface area contributed by atoms with Gasteiger partial charge >= 0.3 is 6.03 Å². The zero-order chi connectivity index (χ0) is 23.3. The molecular weight excluding hydrogens is 448 g/mol. The van der Waals surface area contributed by atoms with E-state index in [4.69, 9.17) is 4.98 Å². The van der Waals surface area contributed by atoms with Gasteiger partial charge in [-0.2, -0.15) is 0 Å². The molecule has 4 amide bonds. The highest BCUT2D eigenvalue weighted by Crippen LogP contribution is 2.40. The molecule has 2 aromatic carbocycles. The molecule has 0 radical (unpaired) electrons. The van der Waals surface area contributed by atoms with Crippen molar-refractivity contribution in [2.75, 3.05) is 19.6 Å². The predicted octanol–water partition coefficient (Wildman–Crippen LogP) is 3.79. The third kappa shape index (κ3) is 3.39. The van der Waals surface area contributed by atoms with Crippen molar-refractivity contribution in [2.24, 2.45) is 0 Å². The summed E-state index contributed by atoms with van der Waals surface area (Å²) in [6, 6.07) is 15.5. The third-order valence-corrected chi connectivity index (χ3v) is 8.65. The minimum atomic E-state index is -1.04. The van der Waals surface area contributed by atoms with Crippen molar-refractivity contribution in [3.05, 3.63) is 64.7 Å². The number of aromatic nitrogens is 1. The molecule has 2 saturated heterocycles. The van der Waals surface area contributed by atoms with E-state index < -0.39 is 11.6 Å². The van der Waals surface area contributed by atoms with Gasteiger partial charge in [-0.15, -0.1) is 11.3 Å². The highest BCUT2D eigenvalue weighted by atomic mass is 32.1. The maximum atomic E-state index is 13.5. The first-order chi connectivity index (χ1) is 16.5. The van der Waals surface area contributed by atoms with Crippen molar-refractivity contribution in [1.82, 2.24) is 20.1 Å². The fourth-order valence-corrected chi connectivity index (χ4v) is 6.77. The smallest absolute Gasteiger partial charge is 0.325 e. The van der Waals surface area contributed by atoms with Crippen LogP contribution in [0.15, 0.2) is 48.5 Å². The Kier molecular flexibility index (Phi) is 5.13. The number of hydrogen-bond acceptors (Lipinski definition) is 5. The zero-order valence-corrected chi connectivity index (χ0v) is 19.6. The number of hydrogen-bond donors (Lipinski definition) is 1. The summed E-state index contributed by atoms with van der Waals surface area (Å²) in [4.78, 5) is 47.1.